The lowest BCUT2D eigenvalue weighted by Crippen LogP contribution is -2.02. The van der Waals surface area contributed by atoms with Gasteiger partial charge in [-0.2, -0.15) is 0 Å². The maximum Gasteiger partial charge on any atom is 0.0535 e. The molecule has 14 heavy (non-hydrogen) atoms. The van der Waals surface area contributed by atoms with E-state index in [1.54, 1.807) is 11.8 Å². The molecule has 4 N–H and O–H groups in total. The first-order valence-corrected chi connectivity index (χ1v) is 6.05. The number of aryl methyl sites for hydroxylation is 2. The van der Waals surface area contributed by atoms with Crippen molar-refractivity contribution in [2.75, 3.05) is 17.7 Å². The fourth-order valence-corrected chi connectivity index (χ4v) is 2.31. The Kier molecular flexibility index (Phi) is 3.69. The van der Waals surface area contributed by atoms with Crippen LogP contribution < -0.4 is 11.5 Å². The van der Waals surface area contributed by atoms with E-state index in [-0.39, 0.29) is 0 Å². The Hall–Kier alpha value is -0.830. The van der Waals surface area contributed by atoms with E-state index in [0.717, 1.165) is 34.7 Å². The molecule has 2 nitrogen and oxygen atoms in total. The van der Waals surface area contributed by atoms with Gasteiger partial charge in [0.1, 0.15) is 0 Å². The lowest BCUT2D eigenvalue weighted by molar-refractivity contribution is 0.919. The van der Waals surface area contributed by atoms with Gasteiger partial charge in [-0.05, 0) is 30.7 Å². The second-order valence-corrected chi connectivity index (χ2v) is 4.28. The van der Waals surface area contributed by atoms with Gasteiger partial charge in [0.15, 0.2) is 0 Å². The van der Waals surface area contributed by atoms with E-state index in [4.69, 9.17) is 11.5 Å². The van der Waals surface area contributed by atoms with Gasteiger partial charge in [0, 0.05) is 0 Å². The molecule has 78 valence electrons. The van der Waals surface area contributed by atoms with Gasteiger partial charge in [-0.1, -0.05) is 19.4 Å². The summed E-state index contributed by atoms with van der Waals surface area (Å²) in [4.78, 5) is 1.04. The summed E-state index contributed by atoms with van der Waals surface area (Å²) in [5.74, 6) is 0. The molecule has 0 bridgehead atoms. The molecule has 0 atom stereocenters. The summed E-state index contributed by atoms with van der Waals surface area (Å²) >= 11 is 1.63. The molecule has 0 aliphatic carbocycles. The second kappa shape index (κ2) is 4.60. The summed E-state index contributed by atoms with van der Waals surface area (Å²) in [5.41, 5.74) is 16.1. The SMILES string of the molecule is CCCc1cc(C)c(N)c(SC)c1N. The largest absolute Gasteiger partial charge is 0.398 e. The Labute approximate surface area is 90.1 Å². The van der Waals surface area contributed by atoms with Crippen LogP contribution in [-0.2, 0) is 6.42 Å². The lowest BCUT2D eigenvalue weighted by atomic mass is 10.0. The number of thioether (sulfide) groups is 1. The van der Waals surface area contributed by atoms with Crippen LogP contribution in [-0.4, -0.2) is 6.26 Å². The van der Waals surface area contributed by atoms with Crippen molar-refractivity contribution in [3.05, 3.63) is 17.2 Å². The number of rotatable bonds is 3. The molecule has 0 saturated heterocycles. The molecule has 0 fully saturated rings. The van der Waals surface area contributed by atoms with Gasteiger partial charge in [0.2, 0.25) is 0 Å². The Morgan fingerprint density at radius 2 is 1.93 bits per heavy atom. The summed E-state index contributed by atoms with van der Waals surface area (Å²) in [6.07, 6.45) is 4.15. The number of hydrogen-bond donors (Lipinski definition) is 2. The Balaban J connectivity index is 3.27. The molecule has 0 unspecified atom stereocenters. The zero-order chi connectivity index (χ0) is 10.7. The molecular weight excluding hydrogens is 192 g/mol. The first-order chi connectivity index (χ1) is 6.61. The number of nitrogen functional groups attached to an aromatic ring is 2. The van der Waals surface area contributed by atoms with Crippen molar-refractivity contribution in [3.63, 3.8) is 0 Å². The van der Waals surface area contributed by atoms with E-state index in [2.05, 4.69) is 13.0 Å². The van der Waals surface area contributed by atoms with Crippen molar-refractivity contribution >= 4 is 23.1 Å². The van der Waals surface area contributed by atoms with E-state index in [9.17, 15) is 0 Å². The fraction of sp³-hybridized carbons (Fsp3) is 0.455. The molecule has 0 aliphatic heterocycles. The van der Waals surface area contributed by atoms with Crippen LogP contribution in [0.15, 0.2) is 11.0 Å². The third kappa shape index (κ3) is 1.98. The predicted octanol–water partition coefficient (Wildman–Crippen LogP) is 2.83. The molecular formula is C11H18N2S. The van der Waals surface area contributed by atoms with Crippen LogP contribution in [0, 0.1) is 6.92 Å². The van der Waals surface area contributed by atoms with E-state index in [1.165, 1.54) is 5.56 Å². The average molecular weight is 210 g/mol. The monoisotopic (exact) mass is 210 g/mol. The molecule has 1 aromatic carbocycles. The third-order valence-electron chi connectivity index (χ3n) is 2.37. The van der Waals surface area contributed by atoms with Crippen molar-refractivity contribution in [2.45, 2.75) is 31.6 Å². The number of anilines is 2. The van der Waals surface area contributed by atoms with E-state index in [0.29, 0.717) is 0 Å². The van der Waals surface area contributed by atoms with Gasteiger partial charge >= 0.3 is 0 Å². The highest BCUT2D eigenvalue weighted by Gasteiger charge is 2.10. The Bertz CT molecular complexity index is 335. The second-order valence-electron chi connectivity index (χ2n) is 3.46. The highest BCUT2D eigenvalue weighted by molar-refractivity contribution is 7.99. The van der Waals surface area contributed by atoms with Gasteiger partial charge in [0.05, 0.1) is 16.3 Å². The first-order valence-electron chi connectivity index (χ1n) is 4.83. The van der Waals surface area contributed by atoms with Crippen LogP contribution in [0.25, 0.3) is 0 Å². The molecule has 3 heteroatoms. The number of benzene rings is 1. The van der Waals surface area contributed by atoms with Gasteiger partial charge in [0.25, 0.3) is 0 Å². The summed E-state index contributed by atoms with van der Waals surface area (Å²) in [6.45, 7) is 4.19. The first kappa shape index (κ1) is 11.2. The number of hydrogen-bond acceptors (Lipinski definition) is 3. The average Bonchev–Trinajstić information content (AvgIpc) is 2.16. The third-order valence-corrected chi connectivity index (χ3v) is 3.22. The Morgan fingerprint density at radius 3 is 2.43 bits per heavy atom. The van der Waals surface area contributed by atoms with E-state index < -0.39 is 0 Å². The quantitative estimate of drug-likeness (QED) is 0.596. The zero-order valence-corrected chi connectivity index (χ0v) is 9.87. The molecule has 0 aliphatic rings. The van der Waals surface area contributed by atoms with Gasteiger partial charge < -0.3 is 11.5 Å². The van der Waals surface area contributed by atoms with Crippen molar-refractivity contribution in [1.29, 1.82) is 0 Å². The highest BCUT2D eigenvalue weighted by Crippen LogP contribution is 2.35. The fourth-order valence-electron chi connectivity index (χ4n) is 1.58. The summed E-state index contributed by atoms with van der Waals surface area (Å²) < 4.78 is 0. The van der Waals surface area contributed by atoms with Gasteiger partial charge in [-0.15, -0.1) is 11.8 Å². The molecule has 1 aromatic rings. The summed E-state index contributed by atoms with van der Waals surface area (Å²) in [5, 5.41) is 0. The van der Waals surface area contributed by atoms with Crippen molar-refractivity contribution in [3.8, 4) is 0 Å². The highest BCUT2D eigenvalue weighted by atomic mass is 32.2. The summed E-state index contributed by atoms with van der Waals surface area (Å²) in [7, 11) is 0. The Morgan fingerprint density at radius 1 is 1.29 bits per heavy atom. The zero-order valence-electron chi connectivity index (χ0n) is 9.05. The normalized spacial score (nSPS) is 10.5. The van der Waals surface area contributed by atoms with Gasteiger partial charge in [-0.3, -0.25) is 0 Å². The summed E-state index contributed by atoms with van der Waals surface area (Å²) in [6, 6.07) is 2.11. The van der Waals surface area contributed by atoms with Gasteiger partial charge in [-0.25, -0.2) is 0 Å². The minimum absolute atomic E-state index is 0.829. The molecule has 0 saturated carbocycles. The van der Waals surface area contributed by atoms with Crippen LogP contribution in [0.4, 0.5) is 11.4 Å². The van der Waals surface area contributed by atoms with Crippen LogP contribution in [0.3, 0.4) is 0 Å². The van der Waals surface area contributed by atoms with Crippen molar-refractivity contribution in [1.82, 2.24) is 0 Å². The minimum atomic E-state index is 0.829. The topological polar surface area (TPSA) is 52.0 Å². The number of nitrogens with two attached hydrogens (primary N) is 2. The smallest absolute Gasteiger partial charge is 0.0535 e. The predicted molar refractivity (Wildman–Crippen MR) is 65.8 cm³/mol. The van der Waals surface area contributed by atoms with Crippen LogP contribution in [0.2, 0.25) is 0 Å². The van der Waals surface area contributed by atoms with Crippen LogP contribution in [0.1, 0.15) is 24.5 Å². The van der Waals surface area contributed by atoms with Crippen LogP contribution in [0.5, 0.6) is 0 Å². The molecule has 0 spiro atoms. The van der Waals surface area contributed by atoms with Crippen molar-refractivity contribution < 1.29 is 0 Å². The maximum absolute atomic E-state index is 6.05. The van der Waals surface area contributed by atoms with E-state index in [1.807, 2.05) is 13.2 Å². The minimum Gasteiger partial charge on any atom is -0.398 e. The molecule has 0 amide bonds. The van der Waals surface area contributed by atoms with Crippen LogP contribution >= 0.6 is 11.8 Å². The lowest BCUT2D eigenvalue weighted by Gasteiger charge is -2.14. The van der Waals surface area contributed by atoms with Crippen molar-refractivity contribution in [2.24, 2.45) is 0 Å². The molecule has 0 heterocycles. The molecule has 1 rings (SSSR count). The standard InChI is InChI=1S/C11H18N2S/c1-4-5-8-6-7(2)9(12)11(14-3)10(8)13/h6H,4-5,12-13H2,1-3H3. The molecule has 0 radical (unpaired) electrons. The maximum atomic E-state index is 6.05. The molecule has 0 aromatic heterocycles. The van der Waals surface area contributed by atoms with E-state index >= 15 is 0 Å².